The Bertz CT molecular complexity index is 220. The zero-order chi connectivity index (χ0) is 10.1. The Hall–Kier alpha value is -1.06. The summed E-state index contributed by atoms with van der Waals surface area (Å²) in [4.78, 5) is 25.4. The van der Waals surface area contributed by atoms with E-state index in [0.29, 0.717) is 19.8 Å². The maximum Gasteiger partial charge on any atom is 0.229 e. The summed E-state index contributed by atoms with van der Waals surface area (Å²) in [6.07, 6.45) is 0.788. The van der Waals surface area contributed by atoms with Gasteiger partial charge < -0.3 is 9.80 Å². The van der Waals surface area contributed by atoms with Gasteiger partial charge in [-0.15, -0.1) is 0 Å². The molecule has 0 bridgehead atoms. The lowest BCUT2D eigenvalue weighted by Gasteiger charge is -2.24. The minimum atomic E-state index is -0.348. The number of carbonyl (C=O) groups is 2. The van der Waals surface area contributed by atoms with Gasteiger partial charge in [-0.2, -0.15) is 0 Å². The molecule has 4 nitrogen and oxygen atoms in total. The first-order valence-corrected chi connectivity index (χ1v) is 4.44. The van der Waals surface area contributed by atoms with Crippen LogP contribution in [0.15, 0.2) is 0 Å². The van der Waals surface area contributed by atoms with Crippen molar-refractivity contribution < 1.29 is 9.59 Å². The van der Waals surface area contributed by atoms with Gasteiger partial charge in [0, 0.05) is 18.5 Å². The molecule has 1 aliphatic heterocycles. The van der Waals surface area contributed by atoms with Crippen LogP contribution in [0.3, 0.4) is 0 Å². The van der Waals surface area contributed by atoms with Crippen LogP contribution in [0, 0.1) is 5.41 Å². The Morgan fingerprint density at radius 1 is 1.31 bits per heavy atom. The van der Waals surface area contributed by atoms with E-state index in [4.69, 9.17) is 0 Å². The second-order valence-corrected chi connectivity index (χ2v) is 4.38. The van der Waals surface area contributed by atoms with E-state index in [1.165, 1.54) is 0 Å². The summed E-state index contributed by atoms with van der Waals surface area (Å²) in [5.74, 6) is 0.108. The zero-order valence-corrected chi connectivity index (χ0v) is 8.41. The first-order chi connectivity index (χ1) is 5.95. The van der Waals surface area contributed by atoms with Crippen molar-refractivity contribution in [1.29, 1.82) is 0 Å². The Labute approximate surface area is 78.5 Å². The molecule has 0 aromatic carbocycles. The van der Waals surface area contributed by atoms with Gasteiger partial charge in [-0.3, -0.25) is 9.59 Å². The van der Waals surface area contributed by atoms with E-state index in [-0.39, 0.29) is 11.3 Å². The minimum absolute atomic E-state index is 0.108. The van der Waals surface area contributed by atoms with Crippen LogP contribution in [-0.2, 0) is 9.59 Å². The second kappa shape index (κ2) is 3.36. The van der Waals surface area contributed by atoms with Crippen molar-refractivity contribution in [3.05, 3.63) is 0 Å². The lowest BCUT2D eigenvalue weighted by atomic mass is 9.95. The highest BCUT2D eigenvalue weighted by molar-refractivity contribution is 5.82. The number of amides is 2. The van der Waals surface area contributed by atoms with E-state index >= 15 is 0 Å². The maximum absolute atomic E-state index is 11.7. The van der Waals surface area contributed by atoms with E-state index in [9.17, 15) is 9.59 Å². The highest BCUT2D eigenvalue weighted by atomic mass is 16.2. The highest BCUT2D eigenvalue weighted by Gasteiger charge is 2.31. The monoisotopic (exact) mass is 184 g/mol. The summed E-state index contributed by atoms with van der Waals surface area (Å²) >= 11 is 0. The maximum atomic E-state index is 11.7. The molecule has 1 rings (SSSR count). The summed E-state index contributed by atoms with van der Waals surface area (Å²) in [6, 6.07) is 0. The fourth-order valence-electron chi connectivity index (χ4n) is 1.34. The number of rotatable bonds is 1. The topological polar surface area (TPSA) is 40.6 Å². The Balaban J connectivity index is 2.56. The molecule has 0 spiro atoms. The van der Waals surface area contributed by atoms with Crippen LogP contribution in [0.5, 0.6) is 0 Å². The third kappa shape index (κ3) is 2.20. The van der Waals surface area contributed by atoms with Crippen molar-refractivity contribution in [3.63, 3.8) is 0 Å². The van der Waals surface area contributed by atoms with Gasteiger partial charge in [-0.1, -0.05) is 20.8 Å². The van der Waals surface area contributed by atoms with E-state index in [0.717, 1.165) is 6.41 Å². The van der Waals surface area contributed by atoms with E-state index in [1.54, 1.807) is 9.80 Å². The number of hydrogen-bond donors (Lipinski definition) is 0. The van der Waals surface area contributed by atoms with Crippen molar-refractivity contribution in [1.82, 2.24) is 9.80 Å². The predicted octanol–water partition coefficient (Wildman–Crippen LogP) is 0.291. The highest BCUT2D eigenvalue weighted by Crippen LogP contribution is 2.19. The molecule has 74 valence electrons. The molecule has 0 aromatic heterocycles. The Kier molecular flexibility index (Phi) is 2.59. The average Bonchev–Trinajstić information content (AvgIpc) is 2.48. The van der Waals surface area contributed by atoms with Crippen molar-refractivity contribution in [3.8, 4) is 0 Å². The number of carbonyl (C=O) groups excluding carboxylic acids is 2. The third-order valence-corrected chi connectivity index (χ3v) is 2.09. The van der Waals surface area contributed by atoms with Gasteiger partial charge in [0.05, 0.1) is 6.67 Å². The molecule has 0 aromatic rings. The standard InChI is InChI=1S/C9H16N2O2/c1-9(2,3)8(13)11-5-4-10(6-11)7-12/h7H,4-6H2,1-3H3. The Morgan fingerprint density at radius 3 is 2.31 bits per heavy atom. The summed E-state index contributed by atoms with van der Waals surface area (Å²) in [5.41, 5.74) is -0.348. The third-order valence-electron chi connectivity index (χ3n) is 2.09. The van der Waals surface area contributed by atoms with Gasteiger partial charge in [0.15, 0.2) is 0 Å². The first-order valence-electron chi connectivity index (χ1n) is 4.44. The molecule has 4 heteroatoms. The number of nitrogens with zero attached hydrogens (tertiary/aromatic N) is 2. The van der Waals surface area contributed by atoms with Crippen LogP contribution in [0.1, 0.15) is 20.8 Å². The SMILES string of the molecule is CC(C)(C)C(=O)N1CCN(C=O)C1. The van der Waals surface area contributed by atoms with Gasteiger partial charge >= 0.3 is 0 Å². The molecule has 0 unspecified atom stereocenters. The van der Waals surface area contributed by atoms with Crippen molar-refractivity contribution in [2.75, 3.05) is 19.8 Å². The van der Waals surface area contributed by atoms with Crippen molar-refractivity contribution in [2.45, 2.75) is 20.8 Å². The van der Waals surface area contributed by atoms with Crippen LogP contribution in [0.4, 0.5) is 0 Å². The summed E-state index contributed by atoms with van der Waals surface area (Å²) < 4.78 is 0. The van der Waals surface area contributed by atoms with Gasteiger partial charge in [-0.25, -0.2) is 0 Å². The van der Waals surface area contributed by atoms with Gasteiger partial charge in [0.2, 0.25) is 12.3 Å². The number of hydrogen-bond acceptors (Lipinski definition) is 2. The van der Waals surface area contributed by atoms with Crippen molar-refractivity contribution in [2.24, 2.45) is 5.41 Å². The van der Waals surface area contributed by atoms with E-state index < -0.39 is 0 Å². The lowest BCUT2D eigenvalue weighted by molar-refractivity contribution is -0.139. The molecule has 0 saturated carbocycles. The van der Waals surface area contributed by atoms with Crippen LogP contribution in [-0.4, -0.2) is 41.9 Å². The first kappa shape index (κ1) is 10.0. The largest absolute Gasteiger partial charge is 0.326 e. The predicted molar refractivity (Wildman–Crippen MR) is 48.8 cm³/mol. The quantitative estimate of drug-likeness (QED) is 0.550. The van der Waals surface area contributed by atoms with Crippen LogP contribution < -0.4 is 0 Å². The molecule has 0 radical (unpaired) electrons. The fraction of sp³-hybridized carbons (Fsp3) is 0.778. The molecule has 1 fully saturated rings. The normalized spacial score (nSPS) is 17.8. The molecule has 0 N–H and O–H groups in total. The van der Waals surface area contributed by atoms with Gasteiger partial charge in [0.1, 0.15) is 0 Å². The molecule has 2 amide bonds. The van der Waals surface area contributed by atoms with Crippen LogP contribution in [0.25, 0.3) is 0 Å². The van der Waals surface area contributed by atoms with Crippen LogP contribution in [0.2, 0.25) is 0 Å². The van der Waals surface area contributed by atoms with Crippen LogP contribution >= 0.6 is 0 Å². The zero-order valence-electron chi connectivity index (χ0n) is 8.41. The van der Waals surface area contributed by atoms with E-state index in [2.05, 4.69) is 0 Å². The molecule has 1 aliphatic rings. The van der Waals surface area contributed by atoms with Gasteiger partial charge in [0.25, 0.3) is 0 Å². The minimum Gasteiger partial charge on any atom is -0.326 e. The van der Waals surface area contributed by atoms with Crippen molar-refractivity contribution >= 4 is 12.3 Å². The molecule has 1 heterocycles. The summed E-state index contributed by atoms with van der Waals surface area (Å²) in [6.45, 7) is 7.43. The summed E-state index contributed by atoms with van der Waals surface area (Å²) in [5, 5.41) is 0. The second-order valence-electron chi connectivity index (χ2n) is 4.38. The Morgan fingerprint density at radius 2 is 1.92 bits per heavy atom. The molecule has 13 heavy (non-hydrogen) atoms. The average molecular weight is 184 g/mol. The lowest BCUT2D eigenvalue weighted by Crippen LogP contribution is -2.38. The fourth-order valence-corrected chi connectivity index (χ4v) is 1.34. The van der Waals surface area contributed by atoms with Gasteiger partial charge in [-0.05, 0) is 0 Å². The van der Waals surface area contributed by atoms with E-state index in [1.807, 2.05) is 20.8 Å². The molecule has 0 atom stereocenters. The molecular formula is C9H16N2O2. The molecule has 1 saturated heterocycles. The molecule has 0 aliphatic carbocycles. The summed E-state index contributed by atoms with van der Waals surface area (Å²) in [7, 11) is 0. The molecular weight excluding hydrogens is 168 g/mol. The smallest absolute Gasteiger partial charge is 0.229 e.